The lowest BCUT2D eigenvalue weighted by atomic mass is 10.2. The highest BCUT2D eigenvalue weighted by Crippen LogP contribution is 2.22. The van der Waals surface area contributed by atoms with Gasteiger partial charge in [-0.25, -0.2) is 4.18 Å². The fourth-order valence-corrected chi connectivity index (χ4v) is 2.22. The van der Waals surface area contributed by atoms with E-state index in [4.69, 9.17) is 4.55 Å². The highest BCUT2D eigenvalue weighted by atomic mass is 32.3. The van der Waals surface area contributed by atoms with Crippen molar-refractivity contribution >= 4 is 32.0 Å². The van der Waals surface area contributed by atoms with Gasteiger partial charge < -0.3 is 0 Å². The van der Waals surface area contributed by atoms with Crippen LogP contribution in [0.1, 0.15) is 5.69 Å². The van der Waals surface area contributed by atoms with Gasteiger partial charge in [-0.3, -0.25) is 4.55 Å². The standard InChI is InChI=1S/C8H7NO4S2/c10-15(11,12)13-5-7-6-3-1-2-4-8(6)14-9-7/h1-4H,5H2,(H,10,11,12). The molecule has 1 N–H and O–H groups in total. The lowest BCUT2D eigenvalue weighted by Gasteiger charge is -1.96. The van der Waals surface area contributed by atoms with Crippen molar-refractivity contribution in [3.63, 3.8) is 0 Å². The Kier molecular flexibility index (Phi) is 2.70. The van der Waals surface area contributed by atoms with Gasteiger partial charge in [0.1, 0.15) is 6.61 Å². The molecule has 0 spiro atoms. The van der Waals surface area contributed by atoms with Gasteiger partial charge in [0, 0.05) is 5.39 Å². The molecule has 1 aromatic heterocycles. The third-order valence-electron chi connectivity index (χ3n) is 1.80. The quantitative estimate of drug-likeness (QED) is 0.831. The summed E-state index contributed by atoms with van der Waals surface area (Å²) in [7, 11) is -4.40. The molecule has 0 aliphatic rings. The van der Waals surface area contributed by atoms with Crippen LogP contribution in [0.4, 0.5) is 0 Å². The van der Waals surface area contributed by atoms with Crippen molar-refractivity contribution in [3.05, 3.63) is 30.0 Å². The second-order valence-electron chi connectivity index (χ2n) is 2.82. The summed E-state index contributed by atoms with van der Waals surface area (Å²) in [5, 5.41) is 0.839. The molecule has 0 aliphatic carbocycles. The van der Waals surface area contributed by atoms with Crippen molar-refractivity contribution in [2.75, 3.05) is 0 Å². The van der Waals surface area contributed by atoms with Crippen LogP contribution < -0.4 is 0 Å². The Morgan fingerprint density at radius 1 is 1.40 bits per heavy atom. The van der Waals surface area contributed by atoms with Crippen LogP contribution in [-0.4, -0.2) is 17.3 Å². The molecule has 7 heteroatoms. The maximum Gasteiger partial charge on any atom is 0.397 e. The van der Waals surface area contributed by atoms with E-state index < -0.39 is 10.4 Å². The Hall–Kier alpha value is -1.02. The van der Waals surface area contributed by atoms with Crippen LogP contribution in [0.25, 0.3) is 10.1 Å². The molecule has 1 heterocycles. The second kappa shape index (κ2) is 3.86. The monoisotopic (exact) mass is 245 g/mol. The predicted octanol–water partition coefficient (Wildman–Crippen LogP) is 1.62. The van der Waals surface area contributed by atoms with E-state index in [1.54, 1.807) is 0 Å². The van der Waals surface area contributed by atoms with Crippen LogP contribution in [0.3, 0.4) is 0 Å². The highest BCUT2D eigenvalue weighted by molar-refractivity contribution is 7.80. The zero-order valence-electron chi connectivity index (χ0n) is 7.45. The van der Waals surface area contributed by atoms with Gasteiger partial charge in [-0.2, -0.15) is 12.8 Å². The first-order chi connectivity index (χ1) is 7.06. The van der Waals surface area contributed by atoms with Crippen molar-refractivity contribution in [1.29, 1.82) is 0 Å². The summed E-state index contributed by atoms with van der Waals surface area (Å²) >= 11 is 1.26. The van der Waals surface area contributed by atoms with Crippen LogP contribution in [-0.2, 0) is 21.2 Å². The minimum atomic E-state index is -4.40. The Morgan fingerprint density at radius 3 is 2.87 bits per heavy atom. The van der Waals surface area contributed by atoms with E-state index in [0.717, 1.165) is 10.1 Å². The van der Waals surface area contributed by atoms with Gasteiger partial charge in [0.2, 0.25) is 0 Å². The molecule has 2 aromatic rings. The van der Waals surface area contributed by atoms with Crippen molar-refractivity contribution in [2.24, 2.45) is 0 Å². The van der Waals surface area contributed by atoms with Gasteiger partial charge in [-0.1, -0.05) is 18.2 Å². The fourth-order valence-electron chi connectivity index (χ4n) is 1.17. The van der Waals surface area contributed by atoms with Crippen LogP contribution in [0.15, 0.2) is 24.3 Å². The first-order valence-electron chi connectivity index (χ1n) is 4.01. The fraction of sp³-hybridized carbons (Fsp3) is 0.125. The molecule has 0 radical (unpaired) electrons. The number of hydrogen-bond donors (Lipinski definition) is 1. The van der Waals surface area contributed by atoms with Crippen LogP contribution >= 0.6 is 11.5 Å². The summed E-state index contributed by atoms with van der Waals surface area (Å²) < 4.78 is 38.4. The molecule has 0 saturated heterocycles. The van der Waals surface area contributed by atoms with E-state index in [9.17, 15) is 8.42 Å². The summed E-state index contributed by atoms with van der Waals surface area (Å²) in [6.45, 7) is -0.247. The first-order valence-corrected chi connectivity index (χ1v) is 6.15. The third kappa shape index (κ3) is 2.51. The smallest absolute Gasteiger partial charge is 0.264 e. The topological polar surface area (TPSA) is 76.5 Å². The number of rotatable bonds is 3. The molecule has 0 unspecified atom stereocenters. The Morgan fingerprint density at radius 2 is 2.13 bits per heavy atom. The van der Waals surface area contributed by atoms with E-state index >= 15 is 0 Å². The maximum absolute atomic E-state index is 10.4. The molecule has 0 amide bonds. The van der Waals surface area contributed by atoms with E-state index in [1.165, 1.54) is 11.5 Å². The molecule has 5 nitrogen and oxygen atoms in total. The number of aromatic nitrogens is 1. The largest absolute Gasteiger partial charge is 0.397 e. The average molecular weight is 245 g/mol. The van der Waals surface area contributed by atoms with Gasteiger partial charge in [0.05, 0.1) is 10.4 Å². The van der Waals surface area contributed by atoms with E-state index in [0.29, 0.717) is 5.69 Å². The van der Waals surface area contributed by atoms with Gasteiger partial charge in [0.25, 0.3) is 0 Å². The SMILES string of the molecule is O=S(=O)(O)OCc1nsc2ccccc12. The normalized spacial score (nSPS) is 12.1. The van der Waals surface area contributed by atoms with Crippen LogP contribution in [0, 0.1) is 0 Å². The molecule has 0 bridgehead atoms. The molecule has 15 heavy (non-hydrogen) atoms. The van der Waals surface area contributed by atoms with Gasteiger partial charge in [-0.15, -0.1) is 0 Å². The molecule has 1 aromatic carbocycles. The van der Waals surface area contributed by atoms with Gasteiger partial charge in [-0.05, 0) is 17.6 Å². The summed E-state index contributed by atoms with van der Waals surface area (Å²) in [6, 6.07) is 7.40. The first kappa shape index (κ1) is 10.5. The summed E-state index contributed by atoms with van der Waals surface area (Å²) in [5.74, 6) is 0. The Balaban J connectivity index is 2.29. The Labute approximate surface area is 90.4 Å². The number of nitrogens with zero attached hydrogens (tertiary/aromatic N) is 1. The molecule has 0 aliphatic heterocycles. The number of benzene rings is 1. The minimum absolute atomic E-state index is 0.247. The highest BCUT2D eigenvalue weighted by Gasteiger charge is 2.10. The van der Waals surface area contributed by atoms with E-state index in [2.05, 4.69) is 8.56 Å². The predicted molar refractivity (Wildman–Crippen MR) is 56.0 cm³/mol. The minimum Gasteiger partial charge on any atom is -0.264 e. The van der Waals surface area contributed by atoms with Gasteiger partial charge >= 0.3 is 10.4 Å². The van der Waals surface area contributed by atoms with Crippen LogP contribution in [0.2, 0.25) is 0 Å². The van der Waals surface area contributed by atoms with E-state index in [-0.39, 0.29) is 6.61 Å². The molecular formula is C8H7NO4S2. The summed E-state index contributed by atoms with van der Waals surface area (Å²) in [4.78, 5) is 0. The second-order valence-corrected chi connectivity index (χ2v) is 4.71. The molecule has 0 saturated carbocycles. The average Bonchev–Trinajstić information content (AvgIpc) is 2.57. The van der Waals surface area contributed by atoms with Crippen molar-refractivity contribution < 1.29 is 17.2 Å². The number of fused-ring (bicyclic) bond motifs is 1. The van der Waals surface area contributed by atoms with Crippen molar-refractivity contribution in [3.8, 4) is 0 Å². The Bertz CT molecular complexity index is 575. The van der Waals surface area contributed by atoms with E-state index in [1.807, 2.05) is 24.3 Å². The molecular weight excluding hydrogens is 238 g/mol. The third-order valence-corrected chi connectivity index (χ3v) is 3.08. The summed E-state index contributed by atoms with van der Waals surface area (Å²) in [6.07, 6.45) is 0. The van der Waals surface area contributed by atoms with Gasteiger partial charge in [0.15, 0.2) is 0 Å². The zero-order chi connectivity index (χ0) is 10.9. The van der Waals surface area contributed by atoms with Crippen molar-refractivity contribution in [2.45, 2.75) is 6.61 Å². The molecule has 2 rings (SSSR count). The zero-order valence-corrected chi connectivity index (χ0v) is 9.09. The number of hydrogen-bond acceptors (Lipinski definition) is 5. The maximum atomic E-state index is 10.4. The molecule has 0 fully saturated rings. The lowest BCUT2D eigenvalue weighted by Crippen LogP contribution is -2.03. The summed E-state index contributed by atoms with van der Waals surface area (Å²) in [5.41, 5.74) is 0.508. The van der Waals surface area contributed by atoms with Crippen LogP contribution in [0.5, 0.6) is 0 Å². The molecule has 80 valence electrons. The lowest BCUT2D eigenvalue weighted by molar-refractivity contribution is 0.258. The van der Waals surface area contributed by atoms with Crippen molar-refractivity contribution in [1.82, 2.24) is 4.37 Å². The molecule has 0 atom stereocenters.